The Kier molecular flexibility index (Phi) is 5.53. The Bertz CT molecular complexity index is 313. The van der Waals surface area contributed by atoms with Gasteiger partial charge in [0.1, 0.15) is 0 Å². The number of carboxylic acid groups (broad SMARTS) is 1. The molecule has 16 heavy (non-hydrogen) atoms. The molecule has 0 aliphatic heterocycles. The van der Waals surface area contributed by atoms with Crippen LogP contribution in [0.5, 0.6) is 0 Å². The summed E-state index contributed by atoms with van der Waals surface area (Å²) in [5, 5.41) is 8.87. The van der Waals surface area contributed by atoms with E-state index in [9.17, 15) is 4.79 Å². The lowest BCUT2D eigenvalue weighted by atomic mass is 10.1. The van der Waals surface area contributed by atoms with Crippen LogP contribution in [0.2, 0.25) is 0 Å². The molecule has 0 aromatic heterocycles. The van der Waals surface area contributed by atoms with E-state index in [-0.39, 0.29) is 6.61 Å². The van der Waals surface area contributed by atoms with Crippen LogP contribution >= 0.6 is 0 Å². The van der Waals surface area contributed by atoms with E-state index in [0.717, 1.165) is 5.56 Å². The van der Waals surface area contributed by atoms with Gasteiger partial charge in [0.15, 0.2) is 0 Å². The molecule has 4 nitrogen and oxygen atoms in total. The van der Waals surface area contributed by atoms with Gasteiger partial charge < -0.3 is 15.6 Å². The van der Waals surface area contributed by atoms with Gasteiger partial charge in [0.25, 0.3) is 0 Å². The normalized spacial score (nSPS) is 12.3. The Hall–Kier alpha value is -1.39. The van der Waals surface area contributed by atoms with Crippen molar-refractivity contribution in [3.05, 3.63) is 35.9 Å². The molecule has 0 saturated heterocycles. The number of benzene rings is 1. The molecular formula is C12H17NO3. The first-order valence-corrected chi connectivity index (χ1v) is 5.28. The number of aliphatic carboxylic acids is 1. The molecule has 1 aromatic rings. The van der Waals surface area contributed by atoms with E-state index in [2.05, 4.69) is 0 Å². The average molecular weight is 223 g/mol. The number of carboxylic acids is 1. The third-order valence-corrected chi connectivity index (χ3v) is 2.29. The van der Waals surface area contributed by atoms with Crippen molar-refractivity contribution in [1.29, 1.82) is 0 Å². The van der Waals surface area contributed by atoms with Crippen molar-refractivity contribution in [2.24, 2.45) is 11.7 Å². The van der Waals surface area contributed by atoms with E-state index in [1.165, 1.54) is 0 Å². The fraction of sp³-hybridized carbons (Fsp3) is 0.417. The minimum atomic E-state index is -0.849. The lowest BCUT2D eigenvalue weighted by Crippen LogP contribution is -2.22. The van der Waals surface area contributed by atoms with E-state index in [1.807, 2.05) is 30.3 Å². The maximum Gasteiger partial charge on any atom is 0.308 e. The highest BCUT2D eigenvalue weighted by molar-refractivity contribution is 5.70. The highest BCUT2D eigenvalue weighted by Crippen LogP contribution is 2.06. The van der Waals surface area contributed by atoms with Gasteiger partial charge in [0, 0.05) is 0 Å². The van der Waals surface area contributed by atoms with Crippen LogP contribution in [0.3, 0.4) is 0 Å². The molecular weight excluding hydrogens is 206 g/mol. The molecule has 0 aliphatic carbocycles. The minimum Gasteiger partial charge on any atom is -0.481 e. The van der Waals surface area contributed by atoms with Crippen molar-refractivity contribution < 1.29 is 14.6 Å². The van der Waals surface area contributed by atoms with Crippen molar-refractivity contribution in [1.82, 2.24) is 0 Å². The molecule has 0 radical (unpaired) electrons. The number of hydrogen-bond donors (Lipinski definition) is 2. The SMILES string of the molecule is NCCC(COCc1ccccc1)C(=O)O. The van der Waals surface area contributed by atoms with Gasteiger partial charge >= 0.3 is 5.97 Å². The molecule has 0 amide bonds. The summed E-state index contributed by atoms with van der Waals surface area (Å²) < 4.78 is 5.36. The molecule has 0 spiro atoms. The van der Waals surface area contributed by atoms with Crippen molar-refractivity contribution >= 4 is 5.97 Å². The van der Waals surface area contributed by atoms with Gasteiger partial charge in [0.2, 0.25) is 0 Å². The molecule has 1 rings (SSSR count). The molecule has 3 N–H and O–H groups in total. The molecule has 4 heteroatoms. The van der Waals surface area contributed by atoms with Gasteiger partial charge in [-0.15, -0.1) is 0 Å². The van der Waals surface area contributed by atoms with Crippen LogP contribution in [-0.4, -0.2) is 24.2 Å². The first-order chi connectivity index (χ1) is 7.74. The molecule has 0 fully saturated rings. The summed E-state index contributed by atoms with van der Waals surface area (Å²) in [5.41, 5.74) is 6.37. The van der Waals surface area contributed by atoms with Crippen molar-refractivity contribution in [3.63, 3.8) is 0 Å². The average Bonchev–Trinajstić information content (AvgIpc) is 2.29. The Morgan fingerprint density at radius 3 is 2.62 bits per heavy atom. The van der Waals surface area contributed by atoms with Crippen LogP contribution in [0.1, 0.15) is 12.0 Å². The zero-order chi connectivity index (χ0) is 11.8. The quantitative estimate of drug-likeness (QED) is 0.729. The van der Waals surface area contributed by atoms with Crippen molar-refractivity contribution in [2.75, 3.05) is 13.2 Å². The first-order valence-electron chi connectivity index (χ1n) is 5.28. The van der Waals surface area contributed by atoms with Crippen LogP contribution in [0.25, 0.3) is 0 Å². The standard InChI is InChI=1S/C12H17NO3/c13-7-6-11(12(14)15)9-16-8-10-4-2-1-3-5-10/h1-5,11H,6-9,13H2,(H,14,15). The van der Waals surface area contributed by atoms with Crippen LogP contribution in [0, 0.1) is 5.92 Å². The second-order valence-electron chi connectivity index (χ2n) is 3.61. The Morgan fingerprint density at radius 1 is 1.38 bits per heavy atom. The smallest absolute Gasteiger partial charge is 0.308 e. The van der Waals surface area contributed by atoms with E-state index < -0.39 is 11.9 Å². The summed E-state index contributed by atoms with van der Waals surface area (Å²) in [7, 11) is 0. The van der Waals surface area contributed by atoms with Crippen LogP contribution in [0.4, 0.5) is 0 Å². The molecule has 0 bridgehead atoms. The third kappa shape index (κ3) is 4.42. The number of rotatable bonds is 7. The predicted molar refractivity (Wildman–Crippen MR) is 60.9 cm³/mol. The number of ether oxygens (including phenoxy) is 1. The Labute approximate surface area is 95.0 Å². The maximum absolute atomic E-state index is 10.8. The Morgan fingerprint density at radius 2 is 2.06 bits per heavy atom. The number of hydrogen-bond acceptors (Lipinski definition) is 3. The fourth-order valence-electron chi connectivity index (χ4n) is 1.37. The number of carbonyl (C=O) groups is 1. The first kappa shape index (κ1) is 12.7. The van der Waals surface area contributed by atoms with Crippen molar-refractivity contribution in [3.8, 4) is 0 Å². The van der Waals surface area contributed by atoms with Gasteiger partial charge in [-0.3, -0.25) is 4.79 Å². The summed E-state index contributed by atoms with van der Waals surface area (Å²) in [6.45, 7) is 1.02. The molecule has 1 unspecified atom stereocenters. The molecule has 1 atom stereocenters. The topological polar surface area (TPSA) is 72.5 Å². The highest BCUT2D eigenvalue weighted by Gasteiger charge is 2.16. The van der Waals surface area contributed by atoms with Crippen LogP contribution < -0.4 is 5.73 Å². The molecule has 1 aromatic carbocycles. The fourth-order valence-corrected chi connectivity index (χ4v) is 1.37. The van der Waals surface area contributed by atoms with E-state index in [0.29, 0.717) is 19.6 Å². The monoisotopic (exact) mass is 223 g/mol. The summed E-state index contributed by atoms with van der Waals surface area (Å²) in [6, 6.07) is 9.66. The lowest BCUT2D eigenvalue weighted by molar-refractivity contribution is -0.144. The summed E-state index contributed by atoms with van der Waals surface area (Å²) in [6.07, 6.45) is 0.449. The molecule has 88 valence electrons. The summed E-state index contributed by atoms with van der Waals surface area (Å²) >= 11 is 0. The molecule has 0 aliphatic rings. The molecule has 0 saturated carbocycles. The predicted octanol–water partition coefficient (Wildman–Crippen LogP) is 1.25. The van der Waals surface area contributed by atoms with E-state index in [1.54, 1.807) is 0 Å². The van der Waals surface area contributed by atoms with Gasteiger partial charge in [-0.05, 0) is 18.5 Å². The molecule has 0 heterocycles. The Balaban J connectivity index is 2.31. The minimum absolute atomic E-state index is 0.210. The second kappa shape index (κ2) is 6.98. The maximum atomic E-state index is 10.8. The van der Waals surface area contributed by atoms with E-state index in [4.69, 9.17) is 15.6 Å². The highest BCUT2D eigenvalue weighted by atomic mass is 16.5. The zero-order valence-corrected chi connectivity index (χ0v) is 9.13. The van der Waals surface area contributed by atoms with Crippen LogP contribution in [0.15, 0.2) is 30.3 Å². The van der Waals surface area contributed by atoms with Gasteiger partial charge in [-0.2, -0.15) is 0 Å². The summed E-state index contributed by atoms with van der Waals surface area (Å²) in [4.78, 5) is 10.8. The van der Waals surface area contributed by atoms with Gasteiger partial charge in [-0.1, -0.05) is 30.3 Å². The zero-order valence-electron chi connectivity index (χ0n) is 9.13. The van der Waals surface area contributed by atoms with Crippen molar-refractivity contribution in [2.45, 2.75) is 13.0 Å². The third-order valence-electron chi connectivity index (χ3n) is 2.29. The second-order valence-corrected chi connectivity index (χ2v) is 3.61. The van der Waals surface area contributed by atoms with Gasteiger partial charge in [-0.25, -0.2) is 0 Å². The summed E-state index contributed by atoms with van der Waals surface area (Å²) in [5.74, 6) is -1.35. The lowest BCUT2D eigenvalue weighted by Gasteiger charge is -2.11. The van der Waals surface area contributed by atoms with Crippen LogP contribution in [-0.2, 0) is 16.1 Å². The largest absolute Gasteiger partial charge is 0.481 e. The van der Waals surface area contributed by atoms with E-state index >= 15 is 0 Å². The van der Waals surface area contributed by atoms with Gasteiger partial charge in [0.05, 0.1) is 19.1 Å². The number of nitrogens with two attached hydrogens (primary N) is 1.